The first kappa shape index (κ1) is 19.5. The molecule has 154 valence electrons. The number of nitrogens with zero attached hydrogens (tertiary/aromatic N) is 1. The van der Waals surface area contributed by atoms with Crippen LogP contribution in [0.4, 0.5) is 0 Å². The van der Waals surface area contributed by atoms with Crippen molar-refractivity contribution in [3.8, 4) is 0 Å². The van der Waals surface area contributed by atoms with Crippen molar-refractivity contribution in [2.45, 2.75) is 83.7 Å². The van der Waals surface area contributed by atoms with Gasteiger partial charge in [-0.15, -0.1) is 0 Å². The summed E-state index contributed by atoms with van der Waals surface area (Å²) in [5, 5.41) is 7.49. The largest absolute Gasteiger partial charge is 0.354 e. The molecule has 2 bridgehead atoms. The van der Waals surface area contributed by atoms with Crippen molar-refractivity contribution in [3.05, 3.63) is 0 Å². The highest BCUT2D eigenvalue weighted by molar-refractivity contribution is 7.91. The first-order valence-corrected chi connectivity index (χ1v) is 12.9. The molecular weight excluding hydrogens is 358 g/mol. The third kappa shape index (κ3) is 4.99. The molecular formula is C21H37N3O2S. The van der Waals surface area contributed by atoms with E-state index in [1.165, 1.54) is 51.4 Å². The van der Waals surface area contributed by atoms with Crippen LogP contribution in [0.5, 0.6) is 0 Å². The Morgan fingerprint density at radius 2 is 1.96 bits per heavy atom. The van der Waals surface area contributed by atoms with E-state index in [0.29, 0.717) is 35.5 Å². The van der Waals surface area contributed by atoms with Crippen LogP contribution in [0.2, 0.25) is 0 Å². The lowest BCUT2D eigenvalue weighted by Crippen LogP contribution is -2.50. The van der Waals surface area contributed by atoms with Gasteiger partial charge in [0, 0.05) is 18.6 Å². The molecule has 4 fully saturated rings. The van der Waals surface area contributed by atoms with Gasteiger partial charge in [-0.25, -0.2) is 8.42 Å². The summed E-state index contributed by atoms with van der Waals surface area (Å²) in [7, 11) is -2.83. The zero-order valence-corrected chi connectivity index (χ0v) is 17.9. The maximum absolute atomic E-state index is 11.8. The van der Waals surface area contributed by atoms with E-state index >= 15 is 0 Å². The lowest BCUT2D eigenvalue weighted by Gasteiger charge is -2.37. The molecule has 4 rings (SSSR count). The molecule has 0 radical (unpaired) electrons. The maximum Gasteiger partial charge on any atom is 0.191 e. The predicted molar refractivity (Wildman–Crippen MR) is 111 cm³/mol. The van der Waals surface area contributed by atoms with E-state index in [4.69, 9.17) is 4.99 Å². The molecule has 3 aliphatic carbocycles. The molecule has 5 atom stereocenters. The lowest BCUT2D eigenvalue weighted by molar-refractivity contribution is 0.209. The normalized spacial score (nSPS) is 40.2. The van der Waals surface area contributed by atoms with Gasteiger partial charge < -0.3 is 10.6 Å². The highest BCUT2D eigenvalue weighted by atomic mass is 32.2. The maximum atomic E-state index is 11.8. The van der Waals surface area contributed by atoms with Gasteiger partial charge in [-0.3, -0.25) is 4.99 Å². The number of hydrogen-bond acceptors (Lipinski definition) is 3. The standard InChI is InChI=1S/C21H37N3O2S/c1-21(2)8-3-4-18(12-21)23-20(22-13-16-7-9-27(25,26)14-16)24-19-11-15-5-6-17(19)10-15/h15-19H,3-14H2,1-2H3,(H2,22,23,24). The molecule has 1 saturated heterocycles. The quantitative estimate of drug-likeness (QED) is 0.567. The average molecular weight is 396 g/mol. The summed E-state index contributed by atoms with van der Waals surface area (Å²) in [6, 6.07) is 1.03. The molecule has 27 heavy (non-hydrogen) atoms. The fourth-order valence-corrected chi connectivity index (χ4v) is 7.83. The van der Waals surface area contributed by atoms with E-state index in [1.807, 2.05) is 0 Å². The van der Waals surface area contributed by atoms with Crippen molar-refractivity contribution in [2.75, 3.05) is 18.1 Å². The molecule has 1 aliphatic heterocycles. The molecule has 0 aromatic rings. The SMILES string of the molecule is CC1(C)CCCC(NC(=NCC2CCS(=O)(=O)C2)NC2CC3CCC2C3)C1. The van der Waals surface area contributed by atoms with Gasteiger partial charge in [0.05, 0.1) is 11.5 Å². The Hall–Kier alpha value is -0.780. The molecule has 0 spiro atoms. The van der Waals surface area contributed by atoms with Crippen LogP contribution in [0.25, 0.3) is 0 Å². The van der Waals surface area contributed by atoms with Crippen LogP contribution in [0.1, 0.15) is 71.6 Å². The predicted octanol–water partition coefficient (Wildman–Crippen LogP) is 3.11. The van der Waals surface area contributed by atoms with Gasteiger partial charge in [0.1, 0.15) is 0 Å². The van der Waals surface area contributed by atoms with Gasteiger partial charge in [0.2, 0.25) is 0 Å². The molecule has 0 aromatic carbocycles. The number of aliphatic imine (C=N–C) groups is 1. The minimum absolute atomic E-state index is 0.191. The van der Waals surface area contributed by atoms with Crippen molar-refractivity contribution >= 4 is 15.8 Å². The number of nitrogens with one attached hydrogen (secondary N) is 2. The Morgan fingerprint density at radius 1 is 1.11 bits per heavy atom. The van der Waals surface area contributed by atoms with Crippen molar-refractivity contribution in [1.82, 2.24) is 10.6 Å². The summed E-state index contributed by atoms with van der Waals surface area (Å²) in [5.41, 5.74) is 0.396. The summed E-state index contributed by atoms with van der Waals surface area (Å²) in [6.45, 7) is 5.36. The highest BCUT2D eigenvalue weighted by Crippen LogP contribution is 2.44. The monoisotopic (exact) mass is 395 g/mol. The Balaban J connectivity index is 1.40. The second-order valence-electron chi connectivity index (χ2n) is 10.5. The first-order valence-electron chi connectivity index (χ1n) is 11.1. The Morgan fingerprint density at radius 3 is 2.59 bits per heavy atom. The topological polar surface area (TPSA) is 70.6 Å². The second kappa shape index (κ2) is 7.57. The molecule has 0 amide bonds. The van der Waals surface area contributed by atoms with Crippen LogP contribution in [-0.4, -0.2) is 44.5 Å². The van der Waals surface area contributed by atoms with Gasteiger partial charge in [-0.05, 0) is 68.1 Å². The van der Waals surface area contributed by atoms with Crippen LogP contribution in [0, 0.1) is 23.2 Å². The van der Waals surface area contributed by atoms with Gasteiger partial charge >= 0.3 is 0 Å². The minimum Gasteiger partial charge on any atom is -0.354 e. The van der Waals surface area contributed by atoms with Crippen LogP contribution in [-0.2, 0) is 9.84 Å². The van der Waals surface area contributed by atoms with Crippen LogP contribution in [0.3, 0.4) is 0 Å². The summed E-state index contributed by atoms with van der Waals surface area (Å²) in [5.74, 6) is 3.50. The van der Waals surface area contributed by atoms with E-state index in [2.05, 4.69) is 24.5 Å². The number of hydrogen-bond donors (Lipinski definition) is 2. The summed E-state index contributed by atoms with van der Waals surface area (Å²) in [4.78, 5) is 4.89. The lowest BCUT2D eigenvalue weighted by atomic mass is 9.75. The van der Waals surface area contributed by atoms with Crippen molar-refractivity contribution in [3.63, 3.8) is 0 Å². The summed E-state index contributed by atoms with van der Waals surface area (Å²) < 4.78 is 23.5. The van der Waals surface area contributed by atoms with E-state index in [9.17, 15) is 8.42 Å². The zero-order chi connectivity index (χ0) is 19.1. The van der Waals surface area contributed by atoms with Gasteiger partial charge in [-0.1, -0.05) is 26.7 Å². The van der Waals surface area contributed by atoms with Crippen molar-refractivity contribution < 1.29 is 8.42 Å². The second-order valence-corrected chi connectivity index (χ2v) is 12.7. The van der Waals surface area contributed by atoms with E-state index in [0.717, 1.165) is 24.2 Å². The summed E-state index contributed by atoms with van der Waals surface area (Å²) >= 11 is 0. The minimum atomic E-state index is -2.83. The fraction of sp³-hybridized carbons (Fsp3) is 0.952. The van der Waals surface area contributed by atoms with E-state index in [-0.39, 0.29) is 5.92 Å². The summed E-state index contributed by atoms with van der Waals surface area (Å²) in [6.07, 6.45) is 11.1. The number of rotatable bonds is 4. The first-order chi connectivity index (χ1) is 12.8. The molecule has 4 aliphatic rings. The molecule has 0 aromatic heterocycles. The van der Waals surface area contributed by atoms with E-state index in [1.54, 1.807) is 0 Å². The van der Waals surface area contributed by atoms with Crippen LogP contribution in [0.15, 0.2) is 4.99 Å². The zero-order valence-electron chi connectivity index (χ0n) is 17.0. The third-order valence-electron chi connectivity index (χ3n) is 7.44. The highest BCUT2D eigenvalue weighted by Gasteiger charge is 2.40. The number of guanidine groups is 1. The van der Waals surface area contributed by atoms with Gasteiger partial charge in [0.15, 0.2) is 15.8 Å². The smallest absolute Gasteiger partial charge is 0.191 e. The third-order valence-corrected chi connectivity index (χ3v) is 9.28. The van der Waals surface area contributed by atoms with Crippen LogP contribution >= 0.6 is 0 Å². The molecule has 2 N–H and O–H groups in total. The molecule has 6 heteroatoms. The van der Waals surface area contributed by atoms with Gasteiger partial charge in [-0.2, -0.15) is 0 Å². The van der Waals surface area contributed by atoms with Gasteiger partial charge in [0.25, 0.3) is 0 Å². The number of fused-ring (bicyclic) bond motifs is 2. The molecule has 5 nitrogen and oxygen atoms in total. The Bertz CT molecular complexity index is 673. The van der Waals surface area contributed by atoms with E-state index < -0.39 is 9.84 Å². The van der Waals surface area contributed by atoms with Crippen molar-refractivity contribution in [2.24, 2.45) is 28.2 Å². The Kier molecular flexibility index (Phi) is 5.47. The molecule has 1 heterocycles. The average Bonchev–Trinajstić information content (AvgIpc) is 3.27. The molecule has 3 saturated carbocycles. The van der Waals surface area contributed by atoms with Crippen molar-refractivity contribution in [1.29, 1.82) is 0 Å². The van der Waals surface area contributed by atoms with Crippen LogP contribution < -0.4 is 10.6 Å². The fourth-order valence-electron chi connectivity index (χ4n) is 5.98. The Labute approximate surface area is 165 Å². The molecule has 5 unspecified atom stereocenters. The number of sulfone groups is 1.